The van der Waals surface area contributed by atoms with Gasteiger partial charge in [0.05, 0.1) is 5.92 Å². The summed E-state index contributed by atoms with van der Waals surface area (Å²) in [6.07, 6.45) is 0.774. The summed E-state index contributed by atoms with van der Waals surface area (Å²) in [4.78, 5) is 11.8. The van der Waals surface area contributed by atoms with Crippen LogP contribution in [-0.4, -0.2) is 36.9 Å². The van der Waals surface area contributed by atoms with Gasteiger partial charge in [0.2, 0.25) is 0 Å². The van der Waals surface area contributed by atoms with Gasteiger partial charge < -0.3 is 5.11 Å². The fourth-order valence-corrected chi connectivity index (χ4v) is 5.61. The number of aliphatic carboxylic acids is 1. The molecule has 0 unspecified atom stereocenters. The van der Waals surface area contributed by atoms with Crippen molar-refractivity contribution in [3.63, 3.8) is 0 Å². The van der Waals surface area contributed by atoms with Crippen molar-refractivity contribution in [2.45, 2.75) is 30.9 Å². The zero-order valence-corrected chi connectivity index (χ0v) is 12.6. The third kappa shape index (κ3) is 2.82. The molecule has 0 saturated carbocycles. The van der Waals surface area contributed by atoms with Crippen LogP contribution in [0.1, 0.15) is 23.3 Å². The Bertz CT molecular complexity index is 583. The second kappa shape index (κ2) is 5.22. The number of thiophene rings is 1. The Kier molecular flexibility index (Phi) is 3.98. The van der Waals surface area contributed by atoms with Crippen LogP contribution in [0.15, 0.2) is 10.3 Å². The second-order valence-corrected chi connectivity index (χ2v) is 8.23. The molecule has 1 aliphatic heterocycles. The summed E-state index contributed by atoms with van der Waals surface area (Å²) >= 11 is 1.28. The lowest BCUT2D eigenvalue weighted by Crippen LogP contribution is -2.40. The minimum atomic E-state index is -3.46. The van der Waals surface area contributed by atoms with E-state index in [4.69, 9.17) is 5.11 Å². The summed E-state index contributed by atoms with van der Waals surface area (Å²) in [6.45, 7) is 4.25. The maximum Gasteiger partial charge on any atom is 0.306 e. The van der Waals surface area contributed by atoms with E-state index in [-0.39, 0.29) is 13.1 Å². The van der Waals surface area contributed by atoms with Crippen LogP contribution in [-0.2, 0) is 14.8 Å². The average molecular weight is 303 g/mol. The van der Waals surface area contributed by atoms with Crippen LogP contribution < -0.4 is 0 Å². The van der Waals surface area contributed by atoms with Crippen LogP contribution in [0.3, 0.4) is 0 Å². The molecule has 0 atom stereocenters. The Morgan fingerprint density at radius 1 is 1.37 bits per heavy atom. The smallest absolute Gasteiger partial charge is 0.306 e. The van der Waals surface area contributed by atoms with Crippen molar-refractivity contribution in [2.75, 3.05) is 13.1 Å². The molecule has 2 heterocycles. The van der Waals surface area contributed by atoms with Crippen LogP contribution in [0.25, 0.3) is 0 Å². The SMILES string of the molecule is Cc1cc(C)c(S(=O)(=O)N2CCC(C(=O)O)CC2)s1. The molecule has 0 bridgehead atoms. The van der Waals surface area contributed by atoms with Crippen LogP contribution >= 0.6 is 11.3 Å². The summed E-state index contributed by atoms with van der Waals surface area (Å²) in [5.74, 6) is -1.25. The largest absolute Gasteiger partial charge is 0.481 e. The van der Waals surface area contributed by atoms with E-state index in [1.165, 1.54) is 15.6 Å². The van der Waals surface area contributed by atoms with E-state index in [9.17, 15) is 13.2 Å². The summed E-state index contributed by atoms with van der Waals surface area (Å²) in [5.41, 5.74) is 0.767. The van der Waals surface area contributed by atoms with Crippen molar-refractivity contribution in [3.05, 3.63) is 16.5 Å². The first-order valence-electron chi connectivity index (χ1n) is 6.12. The monoisotopic (exact) mass is 303 g/mol. The molecule has 1 saturated heterocycles. The Hall–Kier alpha value is -0.920. The van der Waals surface area contributed by atoms with Gasteiger partial charge in [0.25, 0.3) is 10.0 Å². The molecule has 1 aliphatic rings. The highest BCUT2D eigenvalue weighted by atomic mass is 32.2. The highest BCUT2D eigenvalue weighted by Gasteiger charge is 2.33. The number of piperidine rings is 1. The molecule has 106 valence electrons. The van der Waals surface area contributed by atoms with Gasteiger partial charge in [-0.25, -0.2) is 8.42 Å². The van der Waals surface area contributed by atoms with E-state index in [0.29, 0.717) is 17.1 Å². The van der Waals surface area contributed by atoms with Crippen LogP contribution in [0.4, 0.5) is 0 Å². The molecular formula is C12H17NO4S2. The summed E-state index contributed by atoms with van der Waals surface area (Å²) < 4.78 is 26.8. The van der Waals surface area contributed by atoms with E-state index in [0.717, 1.165) is 10.4 Å². The van der Waals surface area contributed by atoms with E-state index in [2.05, 4.69) is 0 Å². The lowest BCUT2D eigenvalue weighted by molar-refractivity contribution is -0.142. The molecule has 0 aromatic carbocycles. The molecule has 0 radical (unpaired) electrons. The minimum Gasteiger partial charge on any atom is -0.481 e. The maximum absolute atomic E-state index is 12.5. The first-order chi connectivity index (χ1) is 8.82. The van der Waals surface area contributed by atoms with Gasteiger partial charge in [0, 0.05) is 18.0 Å². The average Bonchev–Trinajstić information content (AvgIpc) is 2.69. The standard InChI is InChI=1S/C12H17NO4S2/c1-8-7-9(2)18-12(8)19(16,17)13-5-3-10(4-6-13)11(14)15/h7,10H,3-6H2,1-2H3,(H,14,15). The number of rotatable bonds is 3. The zero-order valence-electron chi connectivity index (χ0n) is 10.9. The number of carboxylic acid groups (broad SMARTS) is 1. The summed E-state index contributed by atoms with van der Waals surface area (Å²) in [7, 11) is -3.46. The molecule has 5 nitrogen and oxygen atoms in total. The summed E-state index contributed by atoms with van der Waals surface area (Å²) in [6, 6.07) is 1.86. The summed E-state index contributed by atoms with van der Waals surface area (Å²) in [5, 5.41) is 8.93. The highest BCUT2D eigenvalue weighted by Crippen LogP contribution is 2.31. The number of sulfonamides is 1. The molecular weight excluding hydrogens is 286 g/mol. The van der Waals surface area contributed by atoms with Gasteiger partial charge in [0.1, 0.15) is 4.21 Å². The molecule has 1 fully saturated rings. The van der Waals surface area contributed by atoms with Crippen molar-refractivity contribution >= 4 is 27.3 Å². The quantitative estimate of drug-likeness (QED) is 0.924. The maximum atomic E-state index is 12.5. The molecule has 0 amide bonds. The first kappa shape index (κ1) is 14.5. The predicted molar refractivity (Wildman–Crippen MR) is 72.9 cm³/mol. The van der Waals surface area contributed by atoms with E-state index in [1.807, 2.05) is 13.0 Å². The van der Waals surface area contributed by atoms with Gasteiger partial charge in [-0.15, -0.1) is 11.3 Å². The van der Waals surface area contributed by atoms with Crippen molar-refractivity contribution in [1.29, 1.82) is 0 Å². The Morgan fingerprint density at radius 3 is 2.37 bits per heavy atom. The molecule has 2 rings (SSSR count). The van der Waals surface area contributed by atoms with Crippen molar-refractivity contribution in [2.24, 2.45) is 5.92 Å². The lowest BCUT2D eigenvalue weighted by atomic mass is 9.99. The number of carboxylic acids is 1. The van der Waals surface area contributed by atoms with Crippen molar-refractivity contribution < 1.29 is 18.3 Å². The molecule has 1 N–H and O–H groups in total. The van der Waals surface area contributed by atoms with Gasteiger partial charge >= 0.3 is 5.97 Å². The fraction of sp³-hybridized carbons (Fsp3) is 0.583. The molecule has 0 spiro atoms. The van der Waals surface area contributed by atoms with E-state index >= 15 is 0 Å². The Balaban J connectivity index is 2.19. The number of hydrogen-bond acceptors (Lipinski definition) is 4. The van der Waals surface area contributed by atoms with Gasteiger partial charge in [-0.05, 0) is 38.3 Å². The third-order valence-corrected chi connectivity index (χ3v) is 7.04. The van der Waals surface area contributed by atoms with Crippen LogP contribution in [0.5, 0.6) is 0 Å². The number of carbonyl (C=O) groups is 1. The van der Waals surface area contributed by atoms with Crippen LogP contribution in [0.2, 0.25) is 0 Å². The predicted octanol–water partition coefficient (Wildman–Crippen LogP) is 1.85. The normalized spacial score (nSPS) is 18.6. The highest BCUT2D eigenvalue weighted by molar-refractivity contribution is 7.91. The minimum absolute atomic E-state index is 0.287. The lowest BCUT2D eigenvalue weighted by Gasteiger charge is -2.29. The van der Waals surface area contributed by atoms with Crippen molar-refractivity contribution in [1.82, 2.24) is 4.31 Å². The van der Waals surface area contributed by atoms with E-state index < -0.39 is 21.9 Å². The topological polar surface area (TPSA) is 74.7 Å². The number of nitrogens with zero attached hydrogens (tertiary/aromatic N) is 1. The second-order valence-electron chi connectivity index (χ2n) is 4.84. The number of aryl methyl sites for hydroxylation is 2. The van der Waals surface area contributed by atoms with Gasteiger partial charge in [-0.2, -0.15) is 4.31 Å². The molecule has 19 heavy (non-hydrogen) atoms. The van der Waals surface area contributed by atoms with Gasteiger partial charge in [-0.1, -0.05) is 0 Å². The van der Waals surface area contributed by atoms with Crippen molar-refractivity contribution in [3.8, 4) is 0 Å². The molecule has 1 aromatic rings. The zero-order chi connectivity index (χ0) is 14.2. The van der Waals surface area contributed by atoms with Gasteiger partial charge in [0.15, 0.2) is 0 Å². The molecule has 7 heteroatoms. The van der Waals surface area contributed by atoms with Crippen LogP contribution in [0, 0.1) is 19.8 Å². The first-order valence-corrected chi connectivity index (χ1v) is 8.38. The molecule has 1 aromatic heterocycles. The molecule has 0 aliphatic carbocycles. The fourth-order valence-electron chi connectivity index (χ4n) is 2.34. The Labute approximate surface area is 116 Å². The van der Waals surface area contributed by atoms with E-state index in [1.54, 1.807) is 6.92 Å². The van der Waals surface area contributed by atoms with Gasteiger partial charge in [-0.3, -0.25) is 4.79 Å². The number of hydrogen-bond donors (Lipinski definition) is 1. The third-order valence-electron chi connectivity index (χ3n) is 3.37. The Morgan fingerprint density at radius 2 is 1.95 bits per heavy atom.